The van der Waals surface area contributed by atoms with Gasteiger partial charge in [-0.15, -0.1) is 11.3 Å². The Kier molecular flexibility index (Phi) is 8.26. The van der Waals surface area contributed by atoms with Crippen molar-refractivity contribution in [2.24, 2.45) is 0 Å². The molecule has 1 aromatic heterocycles. The van der Waals surface area contributed by atoms with Gasteiger partial charge < -0.3 is 14.8 Å². The van der Waals surface area contributed by atoms with E-state index in [4.69, 9.17) is 21.1 Å². The van der Waals surface area contributed by atoms with Gasteiger partial charge in [-0.25, -0.2) is 4.39 Å². The zero-order chi connectivity index (χ0) is 22.9. The molecular weight excluding hydrogens is 451 g/mol. The van der Waals surface area contributed by atoms with Crippen molar-refractivity contribution < 1.29 is 18.7 Å². The highest BCUT2D eigenvalue weighted by Gasteiger charge is 2.13. The molecule has 1 heterocycles. The minimum absolute atomic E-state index is 0.0317. The quantitative estimate of drug-likeness (QED) is 0.319. The molecule has 0 spiro atoms. The van der Waals surface area contributed by atoms with Crippen LogP contribution in [0.2, 0.25) is 5.02 Å². The van der Waals surface area contributed by atoms with Crippen molar-refractivity contribution >= 4 is 34.9 Å². The van der Waals surface area contributed by atoms with Crippen LogP contribution in [0.3, 0.4) is 0 Å². The lowest BCUT2D eigenvalue weighted by molar-refractivity contribution is -0.117. The normalized spacial score (nSPS) is 11.0. The Balaban J connectivity index is 1.76. The van der Waals surface area contributed by atoms with E-state index in [9.17, 15) is 14.4 Å². The maximum Gasteiger partial charge on any atom is 0.262 e. The number of amides is 1. The number of ether oxygens (including phenoxy) is 2. The molecular formula is C24H20ClFN2O3S. The smallest absolute Gasteiger partial charge is 0.262 e. The third kappa shape index (κ3) is 6.10. The molecule has 0 saturated carbocycles. The highest BCUT2D eigenvalue weighted by molar-refractivity contribution is 7.09. The molecule has 0 aliphatic rings. The summed E-state index contributed by atoms with van der Waals surface area (Å²) in [5.41, 5.74) is 0.804. The van der Waals surface area contributed by atoms with Gasteiger partial charge in [0.25, 0.3) is 5.91 Å². The maximum atomic E-state index is 14.0. The Labute approximate surface area is 194 Å². The molecule has 0 atom stereocenters. The molecule has 32 heavy (non-hydrogen) atoms. The van der Waals surface area contributed by atoms with Gasteiger partial charge in [-0.05, 0) is 54.3 Å². The van der Waals surface area contributed by atoms with Crippen molar-refractivity contribution in [2.45, 2.75) is 20.1 Å². The molecule has 0 fully saturated rings. The van der Waals surface area contributed by atoms with E-state index in [2.05, 4.69) is 5.32 Å². The standard InChI is InChI=1S/C24H20ClFN2O3S/c1-2-30-23-12-16(11-17(13-27)24(29)28-14-18-5-4-10-32-18)8-9-22(23)31-15-19-20(25)6-3-7-21(19)26/h3-12H,2,14-15H2,1H3,(H,28,29)/b17-11+. The minimum atomic E-state index is -0.464. The number of nitriles is 1. The first-order valence-corrected chi connectivity index (χ1v) is 11.0. The van der Waals surface area contributed by atoms with Gasteiger partial charge in [0.05, 0.1) is 18.2 Å². The van der Waals surface area contributed by atoms with Crippen LogP contribution >= 0.6 is 22.9 Å². The Bertz CT molecular complexity index is 1140. The first kappa shape index (κ1) is 23.3. The number of benzene rings is 2. The number of carbonyl (C=O) groups is 1. The van der Waals surface area contributed by atoms with Crippen molar-refractivity contribution in [1.82, 2.24) is 5.32 Å². The molecule has 0 aliphatic carbocycles. The Morgan fingerprint density at radius 2 is 2.06 bits per heavy atom. The van der Waals surface area contributed by atoms with Crippen LogP contribution in [0.25, 0.3) is 6.08 Å². The van der Waals surface area contributed by atoms with Crippen LogP contribution in [0.15, 0.2) is 59.5 Å². The summed E-state index contributed by atoms with van der Waals surface area (Å²) in [6, 6.07) is 15.1. The Hall–Kier alpha value is -3.34. The maximum absolute atomic E-state index is 14.0. The number of halogens is 2. The summed E-state index contributed by atoms with van der Waals surface area (Å²) in [7, 11) is 0. The fraction of sp³-hybridized carbons (Fsp3) is 0.167. The number of rotatable bonds is 9. The number of nitrogens with one attached hydrogen (secondary N) is 1. The zero-order valence-corrected chi connectivity index (χ0v) is 18.8. The summed E-state index contributed by atoms with van der Waals surface area (Å²) in [6.45, 7) is 2.47. The molecule has 0 radical (unpaired) electrons. The van der Waals surface area contributed by atoms with Crippen LogP contribution in [0.1, 0.15) is 22.9 Å². The van der Waals surface area contributed by atoms with Gasteiger partial charge in [0.2, 0.25) is 0 Å². The van der Waals surface area contributed by atoms with Gasteiger partial charge >= 0.3 is 0 Å². The molecule has 2 aromatic carbocycles. The SMILES string of the molecule is CCOc1cc(/C=C(\C#N)C(=O)NCc2cccs2)ccc1OCc1c(F)cccc1Cl. The van der Waals surface area contributed by atoms with Crippen LogP contribution in [0.5, 0.6) is 11.5 Å². The van der Waals surface area contributed by atoms with Crippen molar-refractivity contribution in [2.75, 3.05) is 6.61 Å². The van der Waals surface area contributed by atoms with Crippen LogP contribution in [0, 0.1) is 17.1 Å². The summed E-state index contributed by atoms with van der Waals surface area (Å²) >= 11 is 7.58. The van der Waals surface area contributed by atoms with Crippen molar-refractivity contribution in [1.29, 1.82) is 5.26 Å². The van der Waals surface area contributed by atoms with Gasteiger partial charge in [-0.1, -0.05) is 29.8 Å². The fourth-order valence-electron chi connectivity index (χ4n) is 2.81. The van der Waals surface area contributed by atoms with Gasteiger partial charge in [-0.3, -0.25) is 4.79 Å². The van der Waals surface area contributed by atoms with E-state index < -0.39 is 11.7 Å². The number of hydrogen-bond donors (Lipinski definition) is 1. The molecule has 8 heteroatoms. The van der Waals surface area contributed by atoms with Crippen LogP contribution in [-0.4, -0.2) is 12.5 Å². The van der Waals surface area contributed by atoms with E-state index in [0.29, 0.717) is 30.2 Å². The molecule has 0 unspecified atom stereocenters. The third-order valence-electron chi connectivity index (χ3n) is 4.38. The van der Waals surface area contributed by atoms with Crippen LogP contribution in [-0.2, 0) is 17.9 Å². The largest absolute Gasteiger partial charge is 0.490 e. The monoisotopic (exact) mass is 470 g/mol. The molecule has 0 aliphatic heterocycles. The molecule has 0 bridgehead atoms. The third-order valence-corrected chi connectivity index (χ3v) is 5.61. The first-order valence-electron chi connectivity index (χ1n) is 9.76. The summed E-state index contributed by atoms with van der Waals surface area (Å²) in [5, 5.41) is 14.3. The molecule has 3 aromatic rings. The second-order valence-corrected chi connectivity index (χ2v) is 8.00. The van der Waals surface area contributed by atoms with E-state index in [-0.39, 0.29) is 22.8 Å². The van der Waals surface area contributed by atoms with E-state index in [1.165, 1.54) is 29.5 Å². The summed E-state index contributed by atoms with van der Waals surface area (Å²) < 4.78 is 25.4. The molecule has 5 nitrogen and oxygen atoms in total. The summed E-state index contributed by atoms with van der Waals surface area (Å²) in [6.07, 6.45) is 1.48. The minimum Gasteiger partial charge on any atom is -0.490 e. The zero-order valence-electron chi connectivity index (χ0n) is 17.2. The average Bonchev–Trinajstić information content (AvgIpc) is 3.30. The Morgan fingerprint density at radius 1 is 1.22 bits per heavy atom. The highest BCUT2D eigenvalue weighted by Crippen LogP contribution is 2.31. The lowest BCUT2D eigenvalue weighted by atomic mass is 10.1. The van der Waals surface area contributed by atoms with Crippen molar-refractivity contribution in [3.8, 4) is 17.6 Å². The van der Waals surface area contributed by atoms with Crippen LogP contribution in [0.4, 0.5) is 4.39 Å². The fourth-order valence-corrected chi connectivity index (χ4v) is 3.68. The summed E-state index contributed by atoms with van der Waals surface area (Å²) in [5.74, 6) is -0.121. The molecule has 0 saturated heterocycles. The van der Waals surface area contributed by atoms with E-state index in [0.717, 1.165) is 4.88 Å². The predicted molar refractivity (Wildman–Crippen MR) is 123 cm³/mol. The van der Waals surface area contributed by atoms with Gasteiger partial charge in [-0.2, -0.15) is 5.26 Å². The Morgan fingerprint density at radius 3 is 2.75 bits per heavy atom. The molecule has 1 amide bonds. The highest BCUT2D eigenvalue weighted by atomic mass is 35.5. The second-order valence-electron chi connectivity index (χ2n) is 6.56. The van der Waals surface area contributed by atoms with E-state index in [1.54, 1.807) is 24.3 Å². The summed E-state index contributed by atoms with van der Waals surface area (Å²) in [4.78, 5) is 13.4. The van der Waals surface area contributed by atoms with Crippen LogP contribution < -0.4 is 14.8 Å². The molecule has 164 valence electrons. The molecule has 1 N–H and O–H groups in total. The second kappa shape index (κ2) is 11.3. The van der Waals surface area contributed by atoms with Gasteiger partial charge in [0.1, 0.15) is 24.1 Å². The van der Waals surface area contributed by atoms with E-state index >= 15 is 0 Å². The number of nitrogens with zero attached hydrogens (tertiary/aromatic N) is 1. The van der Waals surface area contributed by atoms with Gasteiger partial charge in [0.15, 0.2) is 11.5 Å². The topological polar surface area (TPSA) is 71.3 Å². The lowest BCUT2D eigenvalue weighted by Gasteiger charge is -2.14. The first-order chi connectivity index (χ1) is 15.5. The lowest BCUT2D eigenvalue weighted by Crippen LogP contribution is -2.23. The number of carbonyl (C=O) groups excluding carboxylic acids is 1. The van der Waals surface area contributed by atoms with E-state index in [1.807, 2.05) is 30.5 Å². The number of thiophene rings is 1. The number of hydrogen-bond acceptors (Lipinski definition) is 5. The molecule has 3 rings (SSSR count). The van der Waals surface area contributed by atoms with Gasteiger partial charge in [0, 0.05) is 10.4 Å². The van der Waals surface area contributed by atoms with Crippen molar-refractivity contribution in [3.05, 3.63) is 86.3 Å². The van der Waals surface area contributed by atoms with Crippen molar-refractivity contribution in [3.63, 3.8) is 0 Å². The average molecular weight is 471 g/mol. The predicted octanol–water partition coefficient (Wildman–Crippen LogP) is 5.74.